The average Bonchev–Trinajstić information content (AvgIpc) is 2.16. The van der Waals surface area contributed by atoms with E-state index in [1.165, 1.54) is 6.07 Å². The Kier molecular flexibility index (Phi) is 3.47. The molecule has 13 heavy (non-hydrogen) atoms. The Morgan fingerprint density at radius 1 is 1.54 bits per heavy atom. The van der Waals surface area contributed by atoms with Crippen molar-refractivity contribution in [2.24, 2.45) is 0 Å². The van der Waals surface area contributed by atoms with Crippen LogP contribution in [-0.4, -0.2) is 11.1 Å². The van der Waals surface area contributed by atoms with Crippen molar-refractivity contribution >= 4 is 30.5 Å². The van der Waals surface area contributed by atoms with Crippen LogP contribution >= 0.6 is 18.9 Å². The monoisotopic (exact) mass is 217 g/mol. The fourth-order valence-electron chi connectivity index (χ4n) is 0.886. The normalized spacial score (nSPS) is 9.38. The number of hydrogen-bond donors (Lipinski definition) is 2. The third-order valence-electron chi connectivity index (χ3n) is 1.51. The van der Waals surface area contributed by atoms with E-state index in [2.05, 4.69) is 14.5 Å². The van der Waals surface area contributed by atoms with E-state index >= 15 is 0 Å². The molecule has 0 heterocycles. The lowest BCUT2D eigenvalue weighted by Gasteiger charge is -2.06. The Morgan fingerprint density at radius 2 is 2.23 bits per heavy atom. The number of nitrogens with one attached hydrogen (secondary N) is 1. The fourth-order valence-corrected chi connectivity index (χ4v) is 1.26. The van der Waals surface area contributed by atoms with Crippen molar-refractivity contribution in [1.29, 1.82) is 0 Å². The van der Waals surface area contributed by atoms with Crippen molar-refractivity contribution < 1.29 is 14.4 Å². The fraction of sp³-hybridized carbons (Fsp3) is 0. The van der Waals surface area contributed by atoms with Gasteiger partial charge in [0.05, 0.1) is 9.47 Å². The van der Waals surface area contributed by atoms with Gasteiger partial charge in [0.25, 0.3) is 0 Å². The van der Waals surface area contributed by atoms with E-state index in [9.17, 15) is 4.79 Å². The minimum Gasteiger partial charge on any atom is -0.479 e. The van der Waals surface area contributed by atoms with Crippen LogP contribution in [0.15, 0.2) is 18.2 Å². The van der Waals surface area contributed by atoms with Gasteiger partial charge in [-0.2, -0.15) is 0 Å². The number of anilines is 1. The van der Waals surface area contributed by atoms with Crippen molar-refractivity contribution in [2.45, 2.75) is 0 Å². The number of carboxylic acids is 1. The van der Waals surface area contributed by atoms with Crippen molar-refractivity contribution in [2.75, 3.05) is 5.09 Å². The Labute approximate surface area is 80.2 Å². The van der Waals surface area contributed by atoms with E-state index in [-0.39, 0.29) is 5.56 Å². The zero-order chi connectivity index (χ0) is 9.84. The molecule has 2 N–H and O–H groups in total. The lowest BCUT2D eigenvalue weighted by atomic mass is 10.2. The highest BCUT2D eigenvalue weighted by Crippen LogP contribution is 2.25. The van der Waals surface area contributed by atoms with Gasteiger partial charge in [-0.15, -0.1) is 0 Å². The molecule has 0 aliphatic carbocycles. The molecule has 0 bridgehead atoms. The Balaban J connectivity index is 3.15. The minimum absolute atomic E-state index is 0.138. The minimum atomic E-state index is -1.01. The second kappa shape index (κ2) is 4.40. The van der Waals surface area contributed by atoms with Gasteiger partial charge in [-0.05, 0) is 21.5 Å². The van der Waals surface area contributed by atoms with Gasteiger partial charge in [0.2, 0.25) is 0 Å². The van der Waals surface area contributed by atoms with Crippen LogP contribution in [0.4, 0.5) is 5.69 Å². The van der Waals surface area contributed by atoms with E-state index in [4.69, 9.17) is 9.63 Å². The first-order chi connectivity index (χ1) is 6.19. The van der Waals surface area contributed by atoms with Gasteiger partial charge in [-0.25, -0.2) is 4.79 Å². The number of hydrogen-bond acceptors (Lipinski definition) is 3. The predicted octanol–water partition coefficient (Wildman–Crippen LogP) is 1.76. The molecule has 1 aromatic rings. The quantitative estimate of drug-likeness (QED) is 0.757. The van der Waals surface area contributed by atoms with E-state index in [1.807, 2.05) is 9.47 Å². The molecule has 0 fully saturated rings. The van der Waals surface area contributed by atoms with Crippen molar-refractivity contribution in [3.63, 3.8) is 0 Å². The maximum Gasteiger partial charge on any atom is 0.339 e. The molecule has 2 atom stereocenters. The van der Waals surface area contributed by atoms with Crippen LogP contribution in [0.2, 0.25) is 0 Å². The highest BCUT2D eigenvalue weighted by Gasteiger charge is 2.10. The molecule has 0 aliphatic heterocycles. The lowest BCUT2D eigenvalue weighted by molar-refractivity contribution is 0.0695. The van der Waals surface area contributed by atoms with E-state index in [1.54, 1.807) is 12.1 Å². The molecule has 1 aromatic carbocycles. The predicted molar refractivity (Wildman–Crippen MR) is 57.1 cm³/mol. The van der Waals surface area contributed by atoms with Gasteiger partial charge < -0.3 is 14.7 Å². The largest absolute Gasteiger partial charge is 0.479 e. The summed E-state index contributed by atoms with van der Waals surface area (Å²) in [5.74, 6) is -0.697. The van der Waals surface area contributed by atoms with Crippen LogP contribution in [0.25, 0.3) is 0 Å². The first kappa shape index (κ1) is 10.2. The summed E-state index contributed by atoms with van der Waals surface area (Å²) < 4.78 is 4.84. The lowest BCUT2D eigenvalue weighted by Crippen LogP contribution is -1.98. The maximum absolute atomic E-state index is 10.7. The molecule has 0 radical (unpaired) electrons. The second-order valence-corrected chi connectivity index (χ2v) is 2.80. The molecule has 4 nitrogen and oxygen atoms in total. The molecule has 0 amide bonds. The van der Waals surface area contributed by atoms with Crippen LogP contribution < -0.4 is 9.61 Å². The molecule has 2 unspecified atom stereocenters. The summed E-state index contributed by atoms with van der Waals surface area (Å²) in [4.78, 5) is 10.7. The maximum atomic E-state index is 10.7. The first-order valence-corrected chi connectivity index (χ1v) is 4.44. The van der Waals surface area contributed by atoms with Gasteiger partial charge in [0, 0.05) is 11.8 Å². The summed E-state index contributed by atoms with van der Waals surface area (Å²) in [6, 6.07) is 4.74. The smallest absolute Gasteiger partial charge is 0.339 e. The number of rotatable bonds is 3. The van der Waals surface area contributed by atoms with E-state index in [0.717, 1.165) is 5.69 Å². The zero-order valence-electron chi connectivity index (χ0n) is 6.65. The highest BCUT2D eigenvalue weighted by atomic mass is 31.0. The molecule has 1 rings (SSSR count). The molecule has 0 saturated heterocycles. The van der Waals surface area contributed by atoms with Crippen molar-refractivity contribution in [3.8, 4) is 5.75 Å². The summed E-state index contributed by atoms with van der Waals surface area (Å²) in [6.07, 6.45) is 0. The zero-order valence-corrected chi connectivity index (χ0v) is 8.96. The third-order valence-corrected chi connectivity index (χ3v) is 2.09. The van der Waals surface area contributed by atoms with Crippen LogP contribution in [0, 0.1) is 0 Å². The number of aromatic carboxylic acids is 1. The van der Waals surface area contributed by atoms with Gasteiger partial charge >= 0.3 is 5.97 Å². The van der Waals surface area contributed by atoms with Gasteiger partial charge in [-0.3, -0.25) is 0 Å². The molecule has 6 heteroatoms. The Bertz CT molecular complexity index is 330. The summed E-state index contributed by atoms with van der Waals surface area (Å²) in [6.45, 7) is 0. The molecule has 0 saturated carbocycles. The van der Waals surface area contributed by atoms with Gasteiger partial charge in [-0.1, -0.05) is 0 Å². The van der Waals surface area contributed by atoms with Crippen molar-refractivity contribution in [1.82, 2.24) is 0 Å². The Morgan fingerprint density at radius 3 is 2.69 bits per heavy atom. The summed E-state index contributed by atoms with van der Waals surface area (Å²) in [5.41, 5.74) is 0.909. The molecule has 70 valence electrons. The van der Waals surface area contributed by atoms with Crippen LogP contribution in [-0.2, 0) is 0 Å². The molecular formula is C7H9NO3P2. The first-order valence-electron chi connectivity index (χ1n) is 3.39. The number of carbonyl (C=O) groups is 1. The van der Waals surface area contributed by atoms with Crippen LogP contribution in [0.1, 0.15) is 10.4 Å². The molecular weight excluding hydrogens is 208 g/mol. The Hall–Kier alpha value is -0.850. The number of carboxylic acid groups (broad SMARTS) is 1. The van der Waals surface area contributed by atoms with Crippen LogP contribution in [0.5, 0.6) is 5.75 Å². The number of benzene rings is 1. The average molecular weight is 217 g/mol. The van der Waals surface area contributed by atoms with E-state index in [0.29, 0.717) is 5.75 Å². The van der Waals surface area contributed by atoms with Crippen LogP contribution in [0.3, 0.4) is 0 Å². The second-order valence-electron chi connectivity index (χ2n) is 2.28. The molecule has 0 spiro atoms. The van der Waals surface area contributed by atoms with Crippen molar-refractivity contribution in [3.05, 3.63) is 23.8 Å². The molecule has 0 aliphatic rings. The summed E-state index contributed by atoms with van der Waals surface area (Å²) in [5, 5.41) is 11.5. The van der Waals surface area contributed by atoms with Gasteiger partial charge in [0.15, 0.2) is 0 Å². The topological polar surface area (TPSA) is 58.6 Å². The standard InChI is InChI=1S/C7H9NO3P2/c9-7(10)5-2-1-4(8-12)3-6(5)11-13/h1-3,8H,12-13H2,(H,9,10). The summed E-state index contributed by atoms with van der Waals surface area (Å²) >= 11 is 0. The van der Waals surface area contributed by atoms with Gasteiger partial charge in [0.1, 0.15) is 11.3 Å². The molecule has 0 aromatic heterocycles. The SMILES string of the molecule is O=C(O)c1ccc(NP)cc1OP. The summed E-state index contributed by atoms with van der Waals surface area (Å²) in [7, 11) is 4.33. The highest BCUT2D eigenvalue weighted by molar-refractivity contribution is 7.18. The van der Waals surface area contributed by atoms with E-state index < -0.39 is 5.97 Å². The third kappa shape index (κ3) is 2.30.